The molecule has 0 saturated carbocycles. The molecule has 0 aromatic heterocycles. The summed E-state index contributed by atoms with van der Waals surface area (Å²) in [5, 5.41) is -0.116. The van der Waals surface area contributed by atoms with Gasteiger partial charge >= 0.3 is 0 Å². The third-order valence-electron chi connectivity index (χ3n) is 3.18. The Bertz CT molecular complexity index is 713. The molecular weight excluding hydrogens is 351 g/mol. The van der Waals surface area contributed by atoms with Crippen LogP contribution in [0.4, 0.5) is 0 Å². The van der Waals surface area contributed by atoms with Crippen LogP contribution in [0, 0.1) is 0 Å². The number of carbonyl (C=O) groups excluding carboxylic acids is 2. The Balaban J connectivity index is 2.31. The number of hydrogen-bond donors (Lipinski definition) is 1. The van der Waals surface area contributed by atoms with E-state index >= 15 is 0 Å². The van der Waals surface area contributed by atoms with Gasteiger partial charge in [0.1, 0.15) is 10.9 Å². The Morgan fingerprint density at radius 3 is 2.23 bits per heavy atom. The molecule has 1 unspecified atom stereocenters. The number of nitrogens with one attached hydrogen (secondary N) is 1. The third kappa shape index (κ3) is 3.12. The largest absolute Gasteiger partial charge is 0.279 e. The molecule has 0 spiro atoms. The highest BCUT2D eigenvalue weighted by molar-refractivity contribution is 7.89. The highest BCUT2D eigenvalue weighted by Gasteiger charge is 2.42. The second kappa shape index (κ2) is 6.16. The predicted molar refractivity (Wildman–Crippen MR) is 82.2 cm³/mol. The van der Waals surface area contributed by atoms with E-state index in [0.717, 1.165) is 4.90 Å². The molecule has 0 aliphatic carbocycles. The van der Waals surface area contributed by atoms with Crippen molar-refractivity contribution in [2.75, 3.05) is 0 Å². The van der Waals surface area contributed by atoms with Crippen LogP contribution in [0.2, 0.25) is 10.0 Å². The minimum atomic E-state index is -4.12. The van der Waals surface area contributed by atoms with E-state index in [1.807, 2.05) is 0 Å². The maximum Gasteiger partial charge on any atom is 0.248 e. The summed E-state index contributed by atoms with van der Waals surface area (Å²) in [7, 11) is -4.12. The average Bonchev–Trinajstić information content (AvgIpc) is 2.62. The zero-order valence-electron chi connectivity index (χ0n) is 11.8. The van der Waals surface area contributed by atoms with Crippen molar-refractivity contribution in [2.24, 2.45) is 0 Å². The maximum absolute atomic E-state index is 12.4. The summed E-state index contributed by atoms with van der Waals surface area (Å²) < 4.78 is 27.0. The van der Waals surface area contributed by atoms with E-state index in [0.29, 0.717) is 0 Å². The predicted octanol–water partition coefficient (Wildman–Crippen LogP) is 1.81. The van der Waals surface area contributed by atoms with Crippen molar-refractivity contribution in [2.45, 2.75) is 37.2 Å². The highest BCUT2D eigenvalue weighted by atomic mass is 35.5. The Labute approximate surface area is 138 Å². The van der Waals surface area contributed by atoms with Crippen LogP contribution in [0.3, 0.4) is 0 Å². The summed E-state index contributed by atoms with van der Waals surface area (Å²) in [4.78, 5) is 24.7. The van der Waals surface area contributed by atoms with Crippen LogP contribution in [-0.4, -0.2) is 37.2 Å². The minimum Gasteiger partial charge on any atom is -0.279 e. The van der Waals surface area contributed by atoms with E-state index in [1.54, 1.807) is 13.8 Å². The van der Waals surface area contributed by atoms with Crippen LogP contribution in [0.5, 0.6) is 0 Å². The molecule has 120 valence electrons. The quantitative estimate of drug-likeness (QED) is 0.825. The van der Waals surface area contributed by atoms with Gasteiger partial charge in [-0.15, -0.1) is 0 Å². The van der Waals surface area contributed by atoms with Crippen LogP contribution in [-0.2, 0) is 19.6 Å². The first kappa shape index (κ1) is 17.2. The number of benzene rings is 1. The fourth-order valence-electron chi connectivity index (χ4n) is 2.27. The molecule has 2 amide bonds. The van der Waals surface area contributed by atoms with E-state index in [2.05, 4.69) is 4.72 Å². The van der Waals surface area contributed by atoms with Crippen molar-refractivity contribution >= 4 is 45.0 Å². The molecule has 1 aromatic rings. The minimum absolute atomic E-state index is 0.0579. The SMILES string of the molecule is CC(C)N1C(=O)CC(NS(=O)(=O)c2c(Cl)cccc2Cl)C1=O. The average molecular weight is 365 g/mol. The standard InChI is InChI=1S/C13H14Cl2N2O4S/c1-7(2)17-11(18)6-10(13(17)19)16-22(20,21)12-8(14)4-3-5-9(12)15/h3-5,7,10,16H,6H2,1-2H3. The molecule has 1 heterocycles. The summed E-state index contributed by atoms with van der Waals surface area (Å²) in [6, 6.07) is 2.79. The summed E-state index contributed by atoms with van der Waals surface area (Å²) in [6.45, 7) is 3.36. The van der Waals surface area contributed by atoms with Gasteiger partial charge in [-0.3, -0.25) is 14.5 Å². The van der Waals surface area contributed by atoms with E-state index in [4.69, 9.17) is 23.2 Å². The zero-order valence-corrected chi connectivity index (χ0v) is 14.2. The van der Waals surface area contributed by atoms with Gasteiger partial charge in [0.25, 0.3) is 0 Å². The summed E-state index contributed by atoms with van der Waals surface area (Å²) in [5.74, 6) is -0.996. The van der Waals surface area contributed by atoms with Gasteiger partial charge in [-0.2, -0.15) is 4.72 Å². The monoisotopic (exact) mass is 364 g/mol. The normalized spacial score (nSPS) is 19.3. The Kier molecular flexibility index (Phi) is 4.81. The molecule has 1 N–H and O–H groups in total. The molecule has 1 saturated heterocycles. The molecule has 0 radical (unpaired) electrons. The van der Waals surface area contributed by atoms with Crippen molar-refractivity contribution in [3.05, 3.63) is 28.2 Å². The van der Waals surface area contributed by atoms with Crippen molar-refractivity contribution < 1.29 is 18.0 Å². The molecule has 0 bridgehead atoms. The van der Waals surface area contributed by atoms with Crippen molar-refractivity contribution in [3.8, 4) is 0 Å². The molecule has 6 nitrogen and oxygen atoms in total. The van der Waals surface area contributed by atoms with Gasteiger partial charge in [0, 0.05) is 6.04 Å². The number of nitrogens with zero attached hydrogens (tertiary/aromatic N) is 1. The fourth-order valence-corrected chi connectivity index (χ4v) is 4.60. The molecule has 1 fully saturated rings. The van der Waals surface area contributed by atoms with Gasteiger partial charge in [-0.25, -0.2) is 8.42 Å². The van der Waals surface area contributed by atoms with Crippen molar-refractivity contribution in [1.29, 1.82) is 0 Å². The number of rotatable bonds is 4. The molecule has 1 aromatic carbocycles. The third-order valence-corrected chi connectivity index (χ3v) is 5.61. The summed E-state index contributed by atoms with van der Waals surface area (Å²) in [6.07, 6.45) is -0.224. The van der Waals surface area contributed by atoms with E-state index in [-0.39, 0.29) is 27.4 Å². The second-order valence-corrected chi connectivity index (χ2v) is 7.59. The highest BCUT2D eigenvalue weighted by Crippen LogP contribution is 2.29. The number of amides is 2. The van der Waals surface area contributed by atoms with Gasteiger partial charge in [-0.1, -0.05) is 29.3 Å². The molecular formula is C13H14Cl2N2O4S. The van der Waals surface area contributed by atoms with Crippen LogP contribution in [0.25, 0.3) is 0 Å². The van der Waals surface area contributed by atoms with Gasteiger partial charge in [0.15, 0.2) is 0 Å². The van der Waals surface area contributed by atoms with E-state index < -0.39 is 27.9 Å². The van der Waals surface area contributed by atoms with Crippen LogP contribution >= 0.6 is 23.2 Å². The van der Waals surface area contributed by atoms with Crippen molar-refractivity contribution in [1.82, 2.24) is 9.62 Å². The van der Waals surface area contributed by atoms with Gasteiger partial charge in [-0.05, 0) is 26.0 Å². The first-order chi connectivity index (χ1) is 10.1. The molecule has 1 atom stereocenters. The Morgan fingerprint density at radius 1 is 1.23 bits per heavy atom. The number of hydrogen-bond acceptors (Lipinski definition) is 4. The molecule has 2 rings (SSSR count). The van der Waals surface area contributed by atoms with Crippen LogP contribution < -0.4 is 4.72 Å². The van der Waals surface area contributed by atoms with E-state index in [9.17, 15) is 18.0 Å². The topological polar surface area (TPSA) is 83.6 Å². The Hall–Kier alpha value is -1.15. The number of carbonyl (C=O) groups is 2. The van der Waals surface area contributed by atoms with Gasteiger partial charge in [0.2, 0.25) is 21.8 Å². The first-order valence-electron chi connectivity index (χ1n) is 6.47. The maximum atomic E-state index is 12.4. The number of likely N-dealkylation sites (tertiary alicyclic amines) is 1. The zero-order chi connectivity index (χ0) is 16.7. The number of halogens is 2. The molecule has 22 heavy (non-hydrogen) atoms. The van der Waals surface area contributed by atoms with E-state index in [1.165, 1.54) is 18.2 Å². The molecule has 9 heteroatoms. The van der Waals surface area contributed by atoms with Gasteiger partial charge in [0.05, 0.1) is 16.5 Å². The number of sulfonamides is 1. The summed E-state index contributed by atoms with van der Waals surface area (Å²) in [5.41, 5.74) is 0. The van der Waals surface area contributed by atoms with Gasteiger partial charge < -0.3 is 0 Å². The smallest absolute Gasteiger partial charge is 0.248 e. The second-order valence-electron chi connectivity index (χ2n) is 5.12. The first-order valence-corrected chi connectivity index (χ1v) is 8.71. The lowest BCUT2D eigenvalue weighted by Gasteiger charge is -2.19. The Morgan fingerprint density at radius 2 is 1.77 bits per heavy atom. The lowest BCUT2D eigenvalue weighted by Crippen LogP contribution is -2.43. The molecule has 1 aliphatic heterocycles. The lowest BCUT2D eigenvalue weighted by atomic mass is 10.3. The number of imide groups is 1. The molecule has 1 aliphatic rings. The summed E-state index contributed by atoms with van der Waals surface area (Å²) >= 11 is 11.8. The van der Waals surface area contributed by atoms with Crippen LogP contribution in [0.1, 0.15) is 20.3 Å². The van der Waals surface area contributed by atoms with Crippen molar-refractivity contribution in [3.63, 3.8) is 0 Å². The fraction of sp³-hybridized carbons (Fsp3) is 0.385. The van der Waals surface area contributed by atoms with Crippen LogP contribution in [0.15, 0.2) is 23.1 Å². The lowest BCUT2D eigenvalue weighted by molar-refractivity contribution is -0.140.